The second-order valence-electron chi connectivity index (χ2n) is 4.32. The van der Waals surface area contributed by atoms with Gasteiger partial charge in [0.2, 0.25) is 0 Å². The molecule has 4 nitrogen and oxygen atoms in total. The molecule has 0 heterocycles. The first-order chi connectivity index (χ1) is 10.1. The average Bonchev–Trinajstić information content (AvgIpc) is 2.52. The van der Waals surface area contributed by atoms with Crippen LogP contribution in [0.1, 0.15) is 26.3 Å². The van der Waals surface area contributed by atoms with Gasteiger partial charge < -0.3 is 9.84 Å². The SMILES string of the molecule is COc1ccc(C(=O)/C=C/c2ccccc2C(=O)O)cc1. The Hall–Kier alpha value is -2.88. The zero-order valence-corrected chi connectivity index (χ0v) is 11.4. The van der Waals surface area contributed by atoms with Crippen LogP contribution in [0, 0.1) is 0 Å². The lowest BCUT2D eigenvalue weighted by Crippen LogP contribution is -1.99. The summed E-state index contributed by atoms with van der Waals surface area (Å²) in [5.41, 5.74) is 1.17. The minimum absolute atomic E-state index is 0.163. The second-order valence-corrected chi connectivity index (χ2v) is 4.32. The molecular formula is C17H14O4. The number of carboxylic acid groups (broad SMARTS) is 1. The average molecular weight is 282 g/mol. The highest BCUT2D eigenvalue weighted by atomic mass is 16.5. The van der Waals surface area contributed by atoms with Crippen molar-refractivity contribution in [2.45, 2.75) is 0 Å². The number of benzene rings is 2. The summed E-state index contributed by atoms with van der Waals surface area (Å²) in [4.78, 5) is 23.1. The van der Waals surface area contributed by atoms with Gasteiger partial charge >= 0.3 is 5.97 Å². The molecule has 1 N–H and O–H groups in total. The van der Waals surface area contributed by atoms with Crippen LogP contribution in [-0.4, -0.2) is 24.0 Å². The van der Waals surface area contributed by atoms with Crippen molar-refractivity contribution in [3.05, 3.63) is 71.3 Å². The first-order valence-electron chi connectivity index (χ1n) is 6.30. The van der Waals surface area contributed by atoms with Gasteiger partial charge in [-0.25, -0.2) is 4.79 Å². The normalized spacial score (nSPS) is 10.5. The first kappa shape index (κ1) is 14.5. The van der Waals surface area contributed by atoms with E-state index in [1.54, 1.807) is 49.6 Å². The van der Waals surface area contributed by atoms with Crippen molar-refractivity contribution >= 4 is 17.8 Å². The van der Waals surface area contributed by atoms with Gasteiger partial charge in [-0.05, 0) is 42.0 Å². The molecule has 0 aliphatic heterocycles. The highest BCUT2D eigenvalue weighted by molar-refractivity contribution is 6.07. The minimum atomic E-state index is -1.02. The predicted molar refractivity (Wildman–Crippen MR) is 79.8 cm³/mol. The summed E-state index contributed by atoms with van der Waals surface area (Å²) in [7, 11) is 1.56. The van der Waals surface area contributed by atoms with E-state index in [-0.39, 0.29) is 11.3 Å². The molecule has 0 aliphatic rings. The first-order valence-corrected chi connectivity index (χ1v) is 6.30. The van der Waals surface area contributed by atoms with Gasteiger partial charge in [0.25, 0.3) is 0 Å². The van der Waals surface area contributed by atoms with Crippen molar-refractivity contribution in [2.75, 3.05) is 7.11 Å². The summed E-state index contributed by atoms with van der Waals surface area (Å²) >= 11 is 0. The van der Waals surface area contributed by atoms with Crippen LogP contribution >= 0.6 is 0 Å². The maximum Gasteiger partial charge on any atom is 0.336 e. The molecule has 0 amide bonds. The van der Waals surface area contributed by atoms with E-state index in [4.69, 9.17) is 9.84 Å². The number of methoxy groups -OCH3 is 1. The Balaban J connectivity index is 2.20. The van der Waals surface area contributed by atoms with E-state index < -0.39 is 5.97 Å². The molecule has 0 atom stereocenters. The van der Waals surface area contributed by atoms with Crippen molar-refractivity contribution in [1.82, 2.24) is 0 Å². The number of rotatable bonds is 5. The molecule has 0 aliphatic carbocycles. The second kappa shape index (κ2) is 6.52. The molecule has 0 radical (unpaired) electrons. The number of ketones is 1. The zero-order chi connectivity index (χ0) is 15.2. The number of allylic oxidation sites excluding steroid dienone is 1. The van der Waals surface area contributed by atoms with E-state index in [1.165, 1.54) is 18.2 Å². The summed E-state index contributed by atoms with van der Waals surface area (Å²) < 4.78 is 5.03. The van der Waals surface area contributed by atoms with Gasteiger partial charge in [-0.2, -0.15) is 0 Å². The molecule has 0 saturated carbocycles. The van der Waals surface area contributed by atoms with E-state index >= 15 is 0 Å². The van der Waals surface area contributed by atoms with Gasteiger partial charge in [0.05, 0.1) is 12.7 Å². The van der Waals surface area contributed by atoms with Crippen LogP contribution in [0.25, 0.3) is 6.08 Å². The third kappa shape index (κ3) is 3.57. The Morgan fingerprint density at radius 3 is 2.33 bits per heavy atom. The van der Waals surface area contributed by atoms with Gasteiger partial charge in [0.15, 0.2) is 5.78 Å². The van der Waals surface area contributed by atoms with Crippen molar-refractivity contribution in [1.29, 1.82) is 0 Å². The standard InChI is InChI=1S/C17H14O4/c1-21-14-9-6-13(7-10-14)16(18)11-8-12-4-2-3-5-15(12)17(19)20/h2-11H,1H3,(H,19,20)/b11-8+. The molecule has 0 spiro atoms. The lowest BCUT2D eigenvalue weighted by molar-refractivity contribution is 0.0696. The fourth-order valence-electron chi connectivity index (χ4n) is 1.85. The number of carboxylic acids is 1. The molecule has 2 aromatic rings. The fourth-order valence-corrected chi connectivity index (χ4v) is 1.85. The zero-order valence-electron chi connectivity index (χ0n) is 11.4. The van der Waals surface area contributed by atoms with Gasteiger partial charge in [0, 0.05) is 5.56 Å². The van der Waals surface area contributed by atoms with E-state index in [9.17, 15) is 9.59 Å². The van der Waals surface area contributed by atoms with Crippen LogP contribution in [0.3, 0.4) is 0 Å². The number of hydrogen-bond donors (Lipinski definition) is 1. The quantitative estimate of drug-likeness (QED) is 0.675. The Labute approximate surface area is 122 Å². The monoisotopic (exact) mass is 282 g/mol. The number of ether oxygens (including phenoxy) is 1. The molecule has 106 valence electrons. The van der Waals surface area contributed by atoms with Crippen LogP contribution in [0.5, 0.6) is 5.75 Å². The number of aromatic carboxylic acids is 1. The van der Waals surface area contributed by atoms with Gasteiger partial charge in [0.1, 0.15) is 5.75 Å². The van der Waals surface area contributed by atoms with Crippen LogP contribution in [0.4, 0.5) is 0 Å². The Morgan fingerprint density at radius 1 is 1.05 bits per heavy atom. The summed E-state index contributed by atoms with van der Waals surface area (Å²) in [6, 6.07) is 13.2. The van der Waals surface area contributed by atoms with E-state index in [1.807, 2.05) is 0 Å². The van der Waals surface area contributed by atoms with Crippen LogP contribution < -0.4 is 4.74 Å². The van der Waals surface area contributed by atoms with Crippen LogP contribution in [0.2, 0.25) is 0 Å². The molecule has 0 saturated heterocycles. The lowest BCUT2D eigenvalue weighted by atomic mass is 10.1. The summed E-state index contributed by atoms with van der Waals surface area (Å²) in [6.07, 6.45) is 2.87. The van der Waals surface area contributed by atoms with Crippen LogP contribution in [0.15, 0.2) is 54.6 Å². The van der Waals surface area contributed by atoms with Crippen molar-refractivity contribution in [2.24, 2.45) is 0 Å². The van der Waals surface area contributed by atoms with Gasteiger partial charge in [-0.15, -0.1) is 0 Å². The summed E-state index contributed by atoms with van der Waals surface area (Å²) in [5.74, 6) is -0.545. The molecule has 2 rings (SSSR count). The van der Waals surface area contributed by atoms with E-state index in [0.717, 1.165) is 0 Å². The molecular weight excluding hydrogens is 268 g/mol. The van der Waals surface area contributed by atoms with E-state index in [0.29, 0.717) is 16.9 Å². The number of carbonyl (C=O) groups excluding carboxylic acids is 1. The Morgan fingerprint density at radius 2 is 1.71 bits per heavy atom. The lowest BCUT2D eigenvalue weighted by Gasteiger charge is -2.01. The van der Waals surface area contributed by atoms with Crippen molar-refractivity contribution in [3.63, 3.8) is 0 Å². The van der Waals surface area contributed by atoms with Gasteiger partial charge in [-0.3, -0.25) is 4.79 Å². The number of hydrogen-bond acceptors (Lipinski definition) is 3. The molecule has 0 aromatic heterocycles. The predicted octanol–water partition coefficient (Wildman–Crippen LogP) is 3.29. The van der Waals surface area contributed by atoms with Gasteiger partial charge in [-0.1, -0.05) is 24.3 Å². The fraction of sp³-hybridized carbons (Fsp3) is 0.0588. The maximum absolute atomic E-state index is 12.0. The van der Waals surface area contributed by atoms with Crippen molar-refractivity contribution in [3.8, 4) is 5.75 Å². The largest absolute Gasteiger partial charge is 0.497 e. The molecule has 0 fully saturated rings. The summed E-state index contributed by atoms with van der Waals surface area (Å²) in [5, 5.41) is 9.07. The van der Waals surface area contributed by atoms with Crippen LogP contribution in [-0.2, 0) is 0 Å². The molecule has 21 heavy (non-hydrogen) atoms. The number of carbonyl (C=O) groups is 2. The smallest absolute Gasteiger partial charge is 0.336 e. The van der Waals surface area contributed by atoms with E-state index in [2.05, 4.69) is 0 Å². The Kier molecular flexibility index (Phi) is 4.51. The minimum Gasteiger partial charge on any atom is -0.497 e. The summed E-state index contributed by atoms with van der Waals surface area (Å²) in [6.45, 7) is 0. The topological polar surface area (TPSA) is 63.6 Å². The molecule has 0 unspecified atom stereocenters. The Bertz CT molecular complexity index is 684. The molecule has 4 heteroatoms. The third-order valence-electron chi connectivity index (χ3n) is 2.98. The third-order valence-corrected chi connectivity index (χ3v) is 2.98. The molecule has 0 bridgehead atoms. The highest BCUT2D eigenvalue weighted by Gasteiger charge is 2.07. The highest BCUT2D eigenvalue weighted by Crippen LogP contribution is 2.14. The maximum atomic E-state index is 12.0. The van der Waals surface area contributed by atoms with Crippen molar-refractivity contribution < 1.29 is 19.4 Å². The molecule has 2 aromatic carbocycles.